The Morgan fingerprint density at radius 3 is 2.89 bits per heavy atom. The van der Waals surface area contributed by atoms with Crippen molar-refractivity contribution >= 4 is 16.7 Å². The lowest BCUT2D eigenvalue weighted by atomic mass is 10.1. The third-order valence-corrected chi connectivity index (χ3v) is 3.03. The molecule has 2 aromatic heterocycles. The van der Waals surface area contributed by atoms with Gasteiger partial charge in [-0.15, -0.1) is 0 Å². The second kappa shape index (κ2) is 4.70. The van der Waals surface area contributed by atoms with Crippen molar-refractivity contribution in [3.05, 3.63) is 53.9 Å². The molecule has 0 unspecified atom stereocenters. The van der Waals surface area contributed by atoms with Crippen LogP contribution in [0.2, 0.25) is 0 Å². The second-order valence-corrected chi connectivity index (χ2v) is 4.55. The molecule has 0 saturated heterocycles. The molecular weight excluding hydrogens is 238 g/mol. The number of pyridine rings is 1. The number of hydrogen-bond donors (Lipinski definition) is 2. The van der Waals surface area contributed by atoms with Gasteiger partial charge in [0.2, 0.25) is 0 Å². The van der Waals surface area contributed by atoms with Gasteiger partial charge in [0.25, 0.3) is 0 Å². The molecule has 1 aromatic carbocycles. The third kappa shape index (κ3) is 2.28. The van der Waals surface area contributed by atoms with Crippen LogP contribution in [0, 0.1) is 6.92 Å². The fourth-order valence-corrected chi connectivity index (χ4v) is 2.13. The molecule has 5 heteroatoms. The van der Waals surface area contributed by atoms with Crippen LogP contribution in [0.15, 0.2) is 42.7 Å². The van der Waals surface area contributed by atoms with Gasteiger partial charge in [0.1, 0.15) is 5.82 Å². The van der Waals surface area contributed by atoms with Gasteiger partial charge in [-0.3, -0.25) is 4.68 Å². The van der Waals surface area contributed by atoms with E-state index in [1.807, 2.05) is 48.3 Å². The van der Waals surface area contributed by atoms with Crippen molar-refractivity contribution in [2.24, 2.45) is 5.84 Å². The van der Waals surface area contributed by atoms with Gasteiger partial charge < -0.3 is 5.43 Å². The summed E-state index contributed by atoms with van der Waals surface area (Å²) >= 11 is 0. The largest absolute Gasteiger partial charge is 0.308 e. The van der Waals surface area contributed by atoms with E-state index >= 15 is 0 Å². The predicted octanol–water partition coefficient (Wildman–Crippen LogP) is 2.07. The van der Waals surface area contributed by atoms with Gasteiger partial charge >= 0.3 is 0 Å². The van der Waals surface area contributed by atoms with Crippen molar-refractivity contribution in [2.45, 2.75) is 13.5 Å². The molecule has 0 spiro atoms. The quantitative estimate of drug-likeness (QED) is 0.554. The van der Waals surface area contributed by atoms with Crippen LogP contribution < -0.4 is 11.3 Å². The highest BCUT2D eigenvalue weighted by Gasteiger charge is 2.07. The molecule has 0 aliphatic carbocycles. The number of fused-ring (bicyclic) bond motifs is 1. The van der Waals surface area contributed by atoms with Gasteiger partial charge in [0.15, 0.2) is 0 Å². The first-order chi connectivity index (χ1) is 9.26. The SMILES string of the molecule is Cc1cnn(Cc2cc3ccccc3nc2NN)c1. The monoisotopic (exact) mass is 253 g/mol. The Hall–Kier alpha value is -2.40. The van der Waals surface area contributed by atoms with Gasteiger partial charge in [0, 0.05) is 17.1 Å². The van der Waals surface area contributed by atoms with E-state index in [9.17, 15) is 0 Å². The summed E-state index contributed by atoms with van der Waals surface area (Å²) in [5.41, 5.74) is 5.74. The van der Waals surface area contributed by atoms with E-state index in [0.717, 1.165) is 22.0 Å². The molecule has 19 heavy (non-hydrogen) atoms. The third-order valence-electron chi connectivity index (χ3n) is 3.03. The number of nitrogens with one attached hydrogen (secondary N) is 1. The first-order valence-electron chi connectivity index (χ1n) is 6.10. The summed E-state index contributed by atoms with van der Waals surface area (Å²) in [7, 11) is 0. The molecule has 0 bridgehead atoms. The van der Waals surface area contributed by atoms with Crippen LogP contribution in [0.5, 0.6) is 0 Å². The Kier molecular flexibility index (Phi) is 2.89. The van der Waals surface area contributed by atoms with E-state index in [4.69, 9.17) is 5.84 Å². The molecule has 3 N–H and O–H groups in total. The van der Waals surface area contributed by atoms with Crippen LogP contribution in [0.25, 0.3) is 10.9 Å². The molecule has 5 nitrogen and oxygen atoms in total. The van der Waals surface area contributed by atoms with Crippen LogP contribution in [0.1, 0.15) is 11.1 Å². The molecule has 3 rings (SSSR count). The summed E-state index contributed by atoms with van der Waals surface area (Å²) in [6.45, 7) is 2.66. The molecule has 0 atom stereocenters. The summed E-state index contributed by atoms with van der Waals surface area (Å²) in [6.07, 6.45) is 3.83. The van der Waals surface area contributed by atoms with Gasteiger partial charge in [-0.2, -0.15) is 5.10 Å². The van der Waals surface area contributed by atoms with Crippen molar-refractivity contribution in [1.82, 2.24) is 14.8 Å². The van der Waals surface area contributed by atoms with Gasteiger partial charge in [-0.05, 0) is 24.6 Å². The number of hydrogen-bond acceptors (Lipinski definition) is 4. The van der Waals surface area contributed by atoms with Crippen molar-refractivity contribution < 1.29 is 0 Å². The molecule has 0 radical (unpaired) electrons. The molecule has 2 heterocycles. The Labute approximate surface area is 111 Å². The van der Waals surface area contributed by atoms with E-state index in [2.05, 4.69) is 21.6 Å². The Bertz CT molecular complexity index is 717. The topological polar surface area (TPSA) is 68.8 Å². The number of para-hydroxylation sites is 1. The normalized spacial score (nSPS) is 10.8. The number of rotatable bonds is 3. The van der Waals surface area contributed by atoms with Crippen molar-refractivity contribution in [3.8, 4) is 0 Å². The van der Waals surface area contributed by atoms with E-state index in [1.165, 1.54) is 0 Å². The zero-order valence-electron chi connectivity index (χ0n) is 10.7. The standard InChI is InChI=1S/C14H15N5/c1-10-7-16-19(8-10)9-12-6-11-4-2-3-5-13(11)17-14(12)18-15/h2-8H,9,15H2,1H3,(H,17,18). The zero-order chi connectivity index (χ0) is 13.2. The van der Waals surface area contributed by atoms with Crippen LogP contribution in [-0.2, 0) is 6.54 Å². The van der Waals surface area contributed by atoms with E-state index < -0.39 is 0 Å². The molecule has 3 aromatic rings. The summed E-state index contributed by atoms with van der Waals surface area (Å²) in [5, 5.41) is 5.38. The van der Waals surface area contributed by atoms with Crippen LogP contribution in [0.3, 0.4) is 0 Å². The fraction of sp³-hybridized carbons (Fsp3) is 0.143. The number of aromatic nitrogens is 3. The minimum atomic E-state index is 0.644. The minimum absolute atomic E-state index is 0.644. The smallest absolute Gasteiger partial charge is 0.145 e. The summed E-state index contributed by atoms with van der Waals surface area (Å²) < 4.78 is 1.88. The van der Waals surface area contributed by atoms with Crippen molar-refractivity contribution in [1.29, 1.82) is 0 Å². The molecule has 96 valence electrons. The molecule has 0 amide bonds. The van der Waals surface area contributed by atoms with Crippen molar-refractivity contribution in [3.63, 3.8) is 0 Å². The minimum Gasteiger partial charge on any atom is -0.308 e. The lowest BCUT2D eigenvalue weighted by Gasteiger charge is -2.10. The highest BCUT2D eigenvalue weighted by atomic mass is 15.3. The van der Waals surface area contributed by atoms with Crippen LogP contribution in [-0.4, -0.2) is 14.8 Å². The van der Waals surface area contributed by atoms with E-state index in [1.54, 1.807) is 0 Å². The van der Waals surface area contributed by atoms with Gasteiger partial charge in [-0.25, -0.2) is 10.8 Å². The Morgan fingerprint density at radius 1 is 1.32 bits per heavy atom. The number of benzene rings is 1. The molecule has 0 fully saturated rings. The van der Waals surface area contributed by atoms with Crippen molar-refractivity contribution in [2.75, 3.05) is 5.43 Å². The highest BCUT2D eigenvalue weighted by molar-refractivity contribution is 5.81. The maximum absolute atomic E-state index is 5.56. The molecular formula is C14H15N5. The van der Waals surface area contributed by atoms with Gasteiger partial charge in [0.05, 0.1) is 18.3 Å². The maximum Gasteiger partial charge on any atom is 0.145 e. The lowest BCUT2D eigenvalue weighted by molar-refractivity contribution is 0.686. The summed E-state index contributed by atoms with van der Waals surface area (Å²) in [4.78, 5) is 4.52. The van der Waals surface area contributed by atoms with E-state index in [0.29, 0.717) is 12.4 Å². The number of anilines is 1. The molecule has 0 saturated carbocycles. The fourth-order valence-electron chi connectivity index (χ4n) is 2.13. The Balaban J connectivity index is 2.05. The number of nitrogen functional groups attached to an aromatic ring is 1. The summed E-state index contributed by atoms with van der Waals surface area (Å²) in [5.74, 6) is 6.25. The first-order valence-corrected chi connectivity index (χ1v) is 6.10. The zero-order valence-corrected chi connectivity index (χ0v) is 10.7. The number of nitrogens with zero attached hydrogens (tertiary/aromatic N) is 3. The highest BCUT2D eigenvalue weighted by Crippen LogP contribution is 2.20. The van der Waals surface area contributed by atoms with Crippen LogP contribution >= 0.6 is 0 Å². The first kappa shape index (κ1) is 11.7. The number of aryl methyl sites for hydroxylation is 1. The molecule has 0 aliphatic rings. The number of nitrogens with two attached hydrogens (primary N) is 1. The molecule has 0 aliphatic heterocycles. The van der Waals surface area contributed by atoms with E-state index in [-0.39, 0.29) is 0 Å². The summed E-state index contributed by atoms with van der Waals surface area (Å²) in [6, 6.07) is 10.1. The lowest BCUT2D eigenvalue weighted by Crippen LogP contribution is -2.13. The Morgan fingerprint density at radius 2 is 2.16 bits per heavy atom. The van der Waals surface area contributed by atoms with Gasteiger partial charge in [-0.1, -0.05) is 18.2 Å². The maximum atomic E-state index is 5.56. The average molecular weight is 253 g/mol. The predicted molar refractivity (Wildman–Crippen MR) is 75.6 cm³/mol. The van der Waals surface area contributed by atoms with Crippen LogP contribution in [0.4, 0.5) is 5.82 Å². The average Bonchev–Trinajstić information content (AvgIpc) is 2.83. The second-order valence-electron chi connectivity index (χ2n) is 4.55. The number of hydrazine groups is 1.